The summed E-state index contributed by atoms with van der Waals surface area (Å²) in [5, 5.41) is 7.88. The Bertz CT molecular complexity index is 705. The van der Waals surface area contributed by atoms with Gasteiger partial charge in [-0.25, -0.2) is 0 Å². The molecule has 24 heavy (non-hydrogen) atoms. The molecule has 2 heterocycles. The van der Waals surface area contributed by atoms with Crippen LogP contribution in [0.5, 0.6) is 0 Å². The van der Waals surface area contributed by atoms with E-state index < -0.39 is 0 Å². The maximum Gasteiger partial charge on any atom is 0.223 e. The molecule has 0 bridgehead atoms. The van der Waals surface area contributed by atoms with Crippen molar-refractivity contribution >= 4 is 0 Å². The predicted molar refractivity (Wildman–Crippen MR) is 93.7 cm³/mol. The second-order valence-electron chi connectivity index (χ2n) is 7.32. The summed E-state index contributed by atoms with van der Waals surface area (Å²) in [6.07, 6.45) is 3.36. The second-order valence-corrected chi connectivity index (χ2v) is 7.32. The van der Waals surface area contributed by atoms with Gasteiger partial charge in [0.1, 0.15) is 0 Å². The summed E-state index contributed by atoms with van der Waals surface area (Å²) in [5.74, 6) is 2.42. The summed E-state index contributed by atoms with van der Waals surface area (Å²) >= 11 is 0. The molecule has 0 aromatic carbocycles. The molecular weight excluding hydrogens is 300 g/mol. The minimum Gasteiger partial charge on any atom is -0.340 e. The van der Waals surface area contributed by atoms with E-state index in [1.54, 1.807) is 0 Å². The highest BCUT2D eigenvalue weighted by atomic mass is 16.5. The Hall–Kier alpha value is -1.75. The van der Waals surface area contributed by atoms with Gasteiger partial charge in [-0.3, -0.25) is 4.98 Å². The van der Waals surface area contributed by atoms with E-state index in [2.05, 4.69) is 55.3 Å². The summed E-state index contributed by atoms with van der Waals surface area (Å²) in [6.45, 7) is 11.3. The molecule has 1 unspecified atom stereocenters. The average Bonchev–Trinajstić information content (AvgIpc) is 3.34. The normalized spacial score (nSPS) is 17.2. The molecular formula is C19H28N4O. The van der Waals surface area contributed by atoms with E-state index in [4.69, 9.17) is 9.51 Å². The molecule has 3 rings (SSSR count). The molecule has 1 aliphatic rings. The van der Waals surface area contributed by atoms with E-state index in [1.165, 1.54) is 24.1 Å². The number of hydrogen-bond donors (Lipinski definition) is 1. The average molecular weight is 328 g/mol. The molecule has 1 aliphatic carbocycles. The van der Waals surface area contributed by atoms with Crippen LogP contribution in [0.25, 0.3) is 0 Å². The lowest BCUT2D eigenvalue weighted by atomic mass is 9.94. The van der Waals surface area contributed by atoms with Crippen molar-refractivity contribution in [2.45, 2.75) is 71.9 Å². The number of nitrogens with one attached hydrogen (secondary N) is 1. The first-order chi connectivity index (χ1) is 11.4. The Morgan fingerprint density at radius 1 is 1.29 bits per heavy atom. The third kappa shape index (κ3) is 3.36. The fourth-order valence-electron chi connectivity index (χ4n) is 3.19. The second kappa shape index (κ2) is 6.63. The Kier molecular flexibility index (Phi) is 4.72. The number of nitrogens with zero attached hydrogens (tertiary/aromatic N) is 3. The Morgan fingerprint density at radius 3 is 2.58 bits per heavy atom. The van der Waals surface area contributed by atoms with Crippen molar-refractivity contribution < 1.29 is 4.52 Å². The van der Waals surface area contributed by atoms with Crippen molar-refractivity contribution in [1.29, 1.82) is 0 Å². The molecule has 130 valence electrons. The zero-order valence-electron chi connectivity index (χ0n) is 15.4. The topological polar surface area (TPSA) is 63.8 Å². The van der Waals surface area contributed by atoms with Crippen molar-refractivity contribution in [3.05, 3.63) is 40.8 Å². The van der Waals surface area contributed by atoms with Crippen LogP contribution < -0.4 is 5.32 Å². The molecule has 0 spiro atoms. The van der Waals surface area contributed by atoms with Crippen molar-refractivity contribution in [1.82, 2.24) is 20.4 Å². The van der Waals surface area contributed by atoms with Crippen LogP contribution in [0.3, 0.4) is 0 Å². The lowest BCUT2D eigenvalue weighted by molar-refractivity contribution is 0.280. The Labute approximate surface area is 144 Å². The molecule has 1 fully saturated rings. The highest BCUT2D eigenvalue weighted by Gasteiger charge is 2.45. The van der Waals surface area contributed by atoms with Gasteiger partial charge in [-0.15, -0.1) is 0 Å². The maximum atomic E-state index is 5.21. The Morgan fingerprint density at radius 2 is 2.04 bits per heavy atom. The van der Waals surface area contributed by atoms with E-state index in [0.29, 0.717) is 17.7 Å². The minimum absolute atomic E-state index is 0.237. The third-order valence-corrected chi connectivity index (χ3v) is 5.05. The summed E-state index contributed by atoms with van der Waals surface area (Å²) < 4.78 is 5.21. The van der Waals surface area contributed by atoms with Crippen LogP contribution in [-0.4, -0.2) is 15.1 Å². The number of hydrogen-bond acceptors (Lipinski definition) is 5. The highest BCUT2D eigenvalue weighted by molar-refractivity contribution is 5.25. The van der Waals surface area contributed by atoms with Crippen LogP contribution in [0.15, 0.2) is 16.7 Å². The zero-order valence-corrected chi connectivity index (χ0v) is 15.4. The van der Waals surface area contributed by atoms with Crippen LogP contribution >= 0.6 is 0 Å². The van der Waals surface area contributed by atoms with Gasteiger partial charge in [0.25, 0.3) is 0 Å². The monoisotopic (exact) mass is 328 g/mol. The molecule has 2 aromatic heterocycles. The molecule has 5 nitrogen and oxygen atoms in total. The van der Waals surface area contributed by atoms with Gasteiger partial charge < -0.3 is 9.84 Å². The van der Waals surface area contributed by atoms with Gasteiger partial charge in [0.15, 0.2) is 5.82 Å². The van der Waals surface area contributed by atoms with Gasteiger partial charge in [0, 0.05) is 24.9 Å². The molecule has 5 heteroatoms. The molecule has 1 N–H and O–H groups in total. The number of pyridine rings is 1. The van der Waals surface area contributed by atoms with Gasteiger partial charge in [-0.05, 0) is 49.7 Å². The molecule has 1 atom stereocenters. The minimum atomic E-state index is -0.237. The van der Waals surface area contributed by atoms with Crippen molar-refractivity contribution in [3.63, 3.8) is 0 Å². The summed E-state index contributed by atoms with van der Waals surface area (Å²) in [7, 11) is 0. The lowest BCUT2D eigenvalue weighted by Crippen LogP contribution is -2.42. The number of rotatable bonds is 7. The zero-order chi connectivity index (χ0) is 17.3. The summed E-state index contributed by atoms with van der Waals surface area (Å²) in [6, 6.07) is 4.36. The number of aromatic nitrogens is 3. The standard InChI is InChI=1S/C19H28N4O/c1-6-16-14(7-10-17(22-16)12(2)3)11-20-19(5,15-8-9-15)18-21-13(4)24-23-18/h7,10,12,15,20H,6,8-9,11H2,1-5H3. The van der Waals surface area contributed by atoms with Crippen molar-refractivity contribution in [2.75, 3.05) is 0 Å². The maximum absolute atomic E-state index is 5.21. The molecule has 1 saturated carbocycles. The first-order valence-electron chi connectivity index (χ1n) is 8.98. The van der Waals surface area contributed by atoms with Gasteiger partial charge in [-0.1, -0.05) is 32.0 Å². The van der Waals surface area contributed by atoms with Crippen molar-refractivity contribution in [3.8, 4) is 0 Å². The molecule has 0 amide bonds. The molecule has 0 saturated heterocycles. The SMILES string of the molecule is CCc1nc(C(C)C)ccc1CNC(C)(c1noc(C)n1)C1CC1. The van der Waals surface area contributed by atoms with Gasteiger partial charge >= 0.3 is 0 Å². The molecule has 0 radical (unpaired) electrons. The van der Waals surface area contributed by atoms with E-state index in [9.17, 15) is 0 Å². The smallest absolute Gasteiger partial charge is 0.223 e. The van der Waals surface area contributed by atoms with E-state index in [1.807, 2.05) is 6.92 Å². The van der Waals surface area contributed by atoms with Gasteiger partial charge in [-0.2, -0.15) is 4.98 Å². The van der Waals surface area contributed by atoms with Crippen LogP contribution in [-0.2, 0) is 18.5 Å². The quantitative estimate of drug-likeness (QED) is 0.836. The van der Waals surface area contributed by atoms with Gasteiger partial charge in [0.2, 0.25) is 5.89 Å². The molecule has 0 aliphatic heterocycles. The summed E-state index contributed by atoms with van der Waals surface area (Å²) in [4.78, 5) is 9.32. The van der Waals surface area contributed by atoms with Crippen LogP contribution in [0.2, 0.25) is 0 Å². The largest absolute Gasteiger partial charge is 0.340 e. The first-order valence-corrected chi connectivity index (χ1v) is 8.98. The van der Waals surface area contributed by atoms with E-state index in [-0.39, 0.29) is 5.54 Å². The lowest BCUT2D eigenvalue weighted by Gasteiger charge is -2.28. The fourth-order valence-corrected chi connectivity index (χ4v) is 3.19. The fraction of sp³-hybridized carbons (Fsp3) is 0.632. The van der Waals surface area contributed by atoms with Gasteiger partial charge in [0.05, 0.1) is 5.54 Å². The van der Waals surface area contributed by atoms with E-state index in [0.717, 1.165) is 24.5 Å². The van der Waals surface area contributed by atoms with Crippen LogP contribution in [0.1, 0.15) is 75.1 Å². The molecule has 2 aromatic rings. The Balaban J connectivity index is 1.80. The third-order valence-electron chi connectivity index (χ3n) is 5.05. The summed E-state index contributed by atoms with van der Waals surface area (Å²) in [5.41, 5.74) is 3.36. The number of aryl methyl sites for hydroxylation is 2. The van der Waals surface area contributed by atoms with Crippen LogP contribution in [0, 0.1) is 12.8 Å². The van der Waals surface area contributed by atoms with E-state index >= 15 is 0 Å². The van der Waals surface area contributed by atoms with Crippen molar-refractivity contribution in [2.24, 2.45) is 5.92 Å². The van der Waals surface area contributed by atoms with Crippen LogP contribution in [0.4, 0.5) is 0 Å². The predicted octanol–water partition coefficient (Wildman–Crippen LogP) is 3.87. The highest BCUT2D eigenvalue weighted by Crippen LogP contribution is 2.44. The first kappa shape index (κ1) is 17.1.